The van der Waals surface area contributed by atoms with Crippen LogP contribution in [-0.4, -0.2) is 48.2 Å². The molecule has 0 unspecified atom stereocenters. The fourth-order valence-electron chi connectivity index (χ4n) is 2.18. The number of ether oxygens (including phenoxy) is 2. The van der Waals surface area contributed by atoms with Gasteiger partial charge in [-0.3, -0.25) is 14.4 Å². The lowest BCUT2D eigenvalue weighted by Gasteiger charge is -2.22. The fourth-order valence-corrected chi connectivity index (χ4v) is 2.18. The van der Waals surface area contributed by atoms with Gasteiger partial charge in [0.05, 0.1) is 25.6 Å². The molecule has 0 spiro atoms. The van der Waals surface area contributed by atoms with Crippen LogP contribution in [0.2, 0.25) is 0 Å². The van der Waals surface area contributed by atoms with E-state index in [1.165, 1.54) is 13.8 Å². The first kappa shape index (κ1) is 22.0. The second-order valence-electron chi connectivity index (χ2n) is 5.29. The number of hydrogen-bond donors (Lipinski definition) is 2. The monoisotopic (exact) mass is 387 g/mol. The van der Waals surface area contributed by atoms with Crippen molar-refractivity contribution in [2.75, 3.05) is 13.2 Å². The van der Waals surface area contributed by atoms with Crippen molar-refractivity contribution in [1.29, 1.82) is 0 Å². The maximum atomic E-state index is 13.3. The van der Waals surface area contributed by atoms with Crippen LogP contribution < -0.4 is 5.32 Å². The first-order valence-corrected chi connectivity index (χ1v) is 8.02. The second kappa shape index (κ2) is 10.2. The molecule has 0 fully saturated rings. The Morgan fingerprint density at radius 3 is 2.22 bits per heavy atom. The van der Waals surface area contributed by atoms with Crippen LogP contribution in [0.1, 0.15) is 30.6 Å². The lowest BCUT2D eigenvalue weighted by atomic mass is 9.95. The summed E-state index contributed by atoms with van der Waals surface area (Å²) in [4.78, 5) is 47.5. The number of esters is 2. The van der Waals surface area contributed by atoms with Gasteiger partial charge in [0.25, 0.3) is 5.91 Å². The number of rotatable bonds is 9. The van der Waals surface area contributed by atoms with Gasteiger partial charge < -0.3 is 19.9 Å². The number of carboxylic acid groups (broad SMARTS) is 1. The smallest absolute Gasteiger partial charge is 0.327 e. The Morgan fingerprint density at radius 1 is 1.07 bits per heavy atom. The van der Waals surface area contributed by atoms with Gasteiger partial charge in [-0.15, -0.1) is 0 Å². The summed E-state index contributed by atoms with van der Waals surface area (Å²) in [6.45, 7) is 2.93. The van der Waals surface area contributed by atoms with Crippen molar-refractivity contribution in [3.63, 3.8) is 0 Å². The third-order valence-electron chi connectivity index (χ3n) is 3.42. The summed E-state index contributed by atoms with van der Waals surface area (Å²) in [5.41, 5.74) is -0.362. The van der Waals surface area contributed by atoms with Crippen LogP contribution in [0.5, 0.6) is 0 Å². The predicted molar refractivity (Wildman–Crippen MR) is 86.6 cm³/mol. The molecule has 0 aliphatic heterocycles. The van der Waals surface area contributed by atoms with Crippen molar-refractivity contribution in [2.24, 2.45) is 5.92 Å². The lowest BCUT2D eigenvalue weighted by molar-refractivity contribution is -0.159. The molecule has 10 heteroatoms. The minimum Gasteiger partial charge on any atom is -0.480 e. The minimum atomic E-state index is -1.85. The number of nitrogens with one attached hydrogen (secondary N) is 1. The van der Waals surface area contributed by atoms with Crippen molar-refractivity contribution in [3.05, 3.63) is 35.4 Å². The van der Waals surface area contributed by atoms with Gasteiger partial charge in [-0.05, 0) is 32.0 Å². The van der Waals surface area contributed by atoms with E-state index in [0.29, 0.717) is 12.1 Å². The number of hydrogen-bond acceptors (Lipinski definition) is 6. The molecule has 0 aromatic heterocycles. The van der Waals surface area contributed by atoms with E-state index in [2.05, 4.69) is 0 Å². The highest BCUT2D eigenvalue weighted by molar-refractivity contribution is 5.98. The molecule has 1 aromatic rings. The molecule has 1 rings (SSSR count). The Hall–Kier alpha value is -3.04. The zero-order valence-corrected chi connectivity index (χ0v) is 14.7. The van der Waals surface area contributed by atoms with Crippen molar-refractivity contribution in [2.45, 2.75) is 26.3 Å². The number of carbonyl (C=O) groups is 4. The Balaban J connectivity index is 3.09. The molecule has 0 saturated heterocycles. The number of amides is 1. The highest BCUT2D eigenvalue weighted by Crippen LogP contribution is 2.16. The van der Waals surface area contributed by atoms with E-state index in [1.54, 1.807) is 0 Å². The predicted octanol–water partition coefficient (Wildman–Crippen LogP) is 1.28. The molecule has 0 aliphatic rings. The molecule has 1 amide bonds. The molecule has 0 heterocycles. The average Bonchev–Trinajstić information content (AvgIpc) is 2.60. The van der Waals surface area contributed by atoms with Crippen LogP contribution in [0, 0.1) is 17.6 Å². The van der Waals surface area contributed by atoms with Crippen LogP contribution in [0.15, 0.2) is 18.2 Å². The standard InChI is InChI=1S/C17H19F2NO7/c1-3-26-13(21)8-10(17(25)27-4-2)14(16(23)24)20-15(22)9-5-6-11(18)12(19)7-9/h5-7,10,14H,3-4,8H2,1-2H3,(H,20,22)(H,23,24)/t10-,14+/m0/s1. The molecule has 8 nitrogen and oxygen atoms in total. The van der Waals surface area contributed by atoms with E-state index in [-0.39, 0.29) is 18.8 Å². The topological polar surface area (TPSA) is 119 Å². The molecule has 2 N–H and O–H groups in total. The summed E-state index contributed by atoms with van der Waals surface area (Å²) in [6.07, 6.45) is -0.651. The SMILES string of the molecule is CCOC(=O)C[C@H](C(=O)OCC)[C@@H](NC(=O)c1ccc(F)c(F)c1)C(=O)O. The van der Waals surface area contributed by atoms with E-state index >= 15 is 0 Å². The third-order valence-corrected chi connectivity index (χ3v) is 3.42. The van der Waals surface area contributed by atoms with Gasteiger partial charge in [-0.25, -0.2) is 13.6 Å². The molecule has 148 valence electrons. The van der Waals surface area contributed by atoms with Crippen LogP contribution in [-0.2, 0) is 23.9 Å². The van der Waals surface area contributed by atoms with E-state index < -0.39 is 53.8 Å². The van der Waals surface area contributed by atoms with Crippen molar-refractivity contribution in [3.8, 4) is 0 Å². The van der Waals surface area contributed by atoms with Gasteiger partial charge in [0.15, 0.2) is 11.6 Å². The molecule has 0 bridgehead atoms. The number of benzene rings is 1. The molecule has 2 atom stereocenters. The summed E-state index contributed by atoms with van der Waals surface area (Å²) in [6, 6.07) is 0.363. The van der Waals surface area contributed by atoms with Crippen molar-refractivity contribution in [1.82, 2.24) is 5.32 Å². The average molecular weight is 387 g/mol. The summed E-state index contributed by atoms with van der Waals surface area (Å²) < 4.78 is 35.7. The van der Waals surface area contributed by atoms with Gasteiger partial charge in [0, 0.05) is 5.56 Å². The zero-order chi connectivity index (χ0) is 20.6. The van der Waals surface area contributed by atoms with Gasteiger partial charge in [0.1, 0.15) is 6.04 Å². The van der Waals surface area contributed by atoms with Crippen LogP contribution in [0.25, 0.3) is 0 Å². The summed E-state index contributed by atoms with van der Waals surface area (Å²) in [5, 5.41) is 11.4. The molecular formula is C17H19F2NO7. The summed E-state index contributed by atoms with van der Waals surface area (Å²) >= 11 is 0. The second-order valence-corrected chi connectivity index (χ2v) is 5.29. The van der Waals surface area contributed by atoms with Gasteiger partial charge in [-0.2, -0.15) is 0 Å². The number of carbonyl (C=O) groups excluding carboxylic acids is 3. The van der Waals surface area contributed by atoms with E-state index in [9.17, 15) is 33.1 Å². The maximum Gasteiger partial charge on any atom is 0.327 e. The Labute approximate surface area is 153 Å². The van der Waals surface area contributed by atoms with Gasteiger partial charge >= 0.3 is 17.9 Å². The largest absolute Gasteiger partial charge is 0.480 e. The van der Waals surface area contributed by atoms with E-state index in [1.807, 2.05) is 5.32 Å². The Bertz CT molecular complexity index is 723. The Morgan fingerprint density at radius 2 is 1.70 bits per heavy atom. The quantitative estimate of drug-likeness (QED) is 0.613. The van der Waals surface area contributed by atoms with Crippen LogP contribution in [0.3, 0.4) is 0 Å². The molecule has 1 aromatic carbocycles. The number of carboxylic acids is 1. The van der Waals surface area contributed by atoms with Gasteiger partial charge in [-0.1, -0.05) is 0 Å². The molecule has 0 saturated carbocycles. The highest BCUT2D eigenvalue weighted by Gasteiger charge is 2.38. The summed E-state index contributed by atoms with van der Waals surface area (Å²) in [5.74, 6) is -8.63. The van der Waals surface area contributed by atoms with Gasteiger partial charge in [0.2, 0.25) is 0 Å². The first-order chi connectivity index (χ1) is 12.7. The first-order valence-electron chi connectivity index (χ1n) is 8.02. The molecule has 0 aliphatic carbocycles. The molecular weight excluding hydrogens is 368 g/mol. The number of aliphatic carboxylic acids is 1. The van der Waals surface area contributed by atoms with E-state index in [0.717, 1.165) is 6.07 Å². The fraction of sp³-hybridized carbons (Fsp3) is 0.412. The highest BCUT2D eigenvalue weighted by atomic mass is 19.2. The Kier molecular flexibility index (Phi) is 8.31. The van der Waals surface area contributed by atoms with Crippen LogP contribution >= 0.6 is 0 Å². The third kappa shape index (κ3) is 6.32. The minimum absolute atomic E-state index is 0.00727. The number of halogens is 2. The van der Waals surface area contributed by atoms with Crippen LogP contribution in [0.4, 0.5) is 8.78 Å². The zero-order valence-electron chi connectivity index (χ0n) is 14.7. The van der Waals surface area contributed by atoms with Crippen molar-refractivity contribution < 1.29 is 42.5 Å². The maximum absolute atomic E-state index is 13.3. The van der Waals surface area contributed by atoms with Crippen molar-refractivity contribution >= 4 is 23.8 Å². The summed E-state index contributed by atoms with van der Waals surface area (Å²) in [7, 11) is 0. The molecule has 0 radical (unpaired) electrons. The molecule has 27 heavy (non-hydrogen) atoms. The normalized spacial score (nSPS) is 12.6. The van der Waals surface area contributed by atoms with E-state index in [4.69, 9.17) is 9.47 Å². The lowest BCUT2D eigenvalue weighted by Crippen LogP contribution is -2.49.